The van der Waals surface area contributed by atoms with Crippen molar-refractivity contribution in [3.05, 3.63) is 95.1 Å². The number of hydrogen-bond acceptors (Lipinski definition) is 5. The van der Waals surface area contributed by atoms with Gasteiger partial charge in [0.25, 0.3) is 11.8 Å². The van der Waals surface area contributed by atoms with Crippen LogP contribution in [0.15, 0.2) is 78.9 Å². The molecule has 1 aliphatic heterocycles. The summed E-state index contributed by atoms with van der Waals surface area (Å²) in [6.45, 7) is 2.57. The zero-order valence-corrected chi connectivity index (χ0v) is 20.5. The molecule has 7 nitrogen and oxygen atoms in total. The standard InChI is InChI=1S/C28H25ClN4O3/c1-36-26-18-25(31-24-8-3-2-7-23(24)26)28(35)33-15-13-32(14-16-33)22-11-9-21(10-12-22)30-27(34)19-5-4-6-20(29)17-19/h2-12,17-18H,13-16H2,1H3,(H,30,34). The van der Waals surface area contributed by atoms with E-state index in [0.29, 0.717) is 53.9 Å². The molecular formula is C28H25ClN4O3. The van der Waals surface area contributed by atoms with Crippen LogP contribution in [-0.4, -0.2) is 55.0 Å². The second-order valence-corrected chi connectivity index (χ2v) is 8.95. The Hall–Kier alpha value is -4.10. The van der Waals surface area contributed by atoms with Crippen molar-refractivity contribution in [1.82, 2.24) is 9.88 Å². The Kier molecular flexibility index (Phi) is 6.73. The van der Waals surface area contributed by atoms with Gasteiger partial charge in [-0.15, -0.1) is 0 Å². The number of methoxy groups -OCH3 is 1. The average molecular weight is 501 g/mol. The van der Waals surface area contributed by atoms with E-state index >= 15 is 0 Å². The minimum Gasteiger partial charge on any atom is -0.496 e. The smallest absolute Gasteiger partial charge is 0.272 e. The first-order valence-electron chi connectivity index (χ1n) is 11.7. The van der Waals surface area contributed by atoms with Crippen LogP contribution in [-0.2, 0) is 0 Å². The zero-order valence-electron chi connectivity index (χ0n) is 19.8. The molecule has 2 heterocycles. The number of ether oxygens (including phenoxy) is 1. The Morgan fingerprint density at radius 2 is 1.67 bits per heavy atom. The molecule has 36 heavy (non-hydrogen) atoms. The lowest BCUT2D eigenvalue weighted by atomic mass is 10.1. The van der Waals surface area contributed by atoms with E-state index in [1.54, 1.807) is 37.4 Å². The lowest BCUT2D eigenvalue weighted by Crippen LogP contribution is -2.49. The zero-order chi connectivity index (χ0) is 25.1. The summed E-state index contributed by atoms with van der Waals surface area (Å²) in [4.78, 5) is 34.3. The highest BCUT2D eigenvalue weighted by Gasteiger charge is 2.24. The molecule has 0 unspecified atom stereocenters. The maximum absolute atomic E-state index is 13.2. The number of carbonyl (C=O) groups is 2. The molecular weight excluding hydrogens is 476 g/mol. The predicted molar refractivity (Wildman–Crippen MR) is 142 cm³/mol. The molecule has 0 radical (unpaired) electrons. The molecule has 0 spiro atoms. The van der Waals surface area contributed by atoms with E-state index in [2.05, 4.69) is 15.2 Å². The van der Waals surface area contributed by atoms with Crippen LogP contribution in [0.1, 0.15) is 20.8 Å². The van der Waals surface area contributed by atoms with E-state index in [9.17, 15) is 9.59 Å². The second-order valence-electron chi connectivity index (χ2n) is 8.52. The van der Waals surface area contributed by atoms with Crippen molar-refractivity contribution >= 4 is 45.7 Å². The van der Waals surface area contributed by atoms with Crippen molar-refractivity contribution < 1.29 is 14.3 Å². The summed E-state index contributed by atoms with van der Waals surface area (Å²) in [7, 11) is 1.60. The van der Waals surface area contributed by atoms with Gasteiger partial charge >= 0.3 is 0 Å². The summed E-state index contributed by atoms with van der Waals surface area (Å²) in [5, 5.41) is 4.29. The fourth-order valence-corrected chi connectivity index (χ4v) is 4.53. The number of pyridine rings is 1. The number of halogens is 1. The average Bonchev–Trinajstić information content (AvgIpc) is 2.92. The van der Waals surface area contributed by atoms with Gasteiger partial charge in [0.05, 0.1) is 12.6 Å². The largest absolute Gasteiger partial charge is 0.496 e. The van der Waals surface area contributed by atoms with Crippen LogP contribution in [0.4, 0.5) is 11.4 Å². The molecule has 1 N–H and O–H groups in total. The van der Waals surface area contributed by atoms with Gasteiger partial charge in [-0.25, -0.2) is 4.98 Å². The summed E-state index contributed by atoms with van der Waals surface area (Å²) in [6.07, 6.45) is 0. The number of benzene rings is 3. The van der Waals surface area contributed by atoms with E-state index in [1.165, 1.54) is 0 Å². The first-order chi connectivity index (χ1) is 17.5. The predicted octanol–water partition coefficient (Wildman–Crippen LogP) is 5.11. The first kappa shape index (κ1) is 23.6. The molecule has 1 aromatic heterocycles. The monoisotopic (exact) mass is 500 g/mol. The summed E-state index contributed by atoms with van der Waals surface area (Å²) < 4.78 is 5.49. The Bertz CT molecular complexity index is 1420. The minimum absolute atomic E-state index is 0.0993. The Morgan fingerprint density at radius 3 is 2.39 bits per heavy atom. The molecule has 1 saturated heterocycles. The summed E-state index contributed by atoms with van der Waals surface area (Å²) in [5.41, 5.74) is 3.37. The number of rotatable bonds is 5. The highest BCUT2D eigenvalue weighted by atomic mass is 35.5. The van der Waals surface area contributed by atoms with Gasteiger partial charge in [0.2, 0.25) is 0 Å². The number of fused-ring (bicyclic) bond motifs is 1. The number of nitrogens with zero attached hydrogens (tertiary/aromatic N) is 3. The number of aromatic nitrogens is 1. The van der Waals surface area contributed by atoms with Crippen LogP contribution in [0.2, 0.25) is 5.02 Å². The van der Waals surface area contributed by atoms with E-state index < -0.39 is 0 Å². The molecule has 3 aromatic carbocycles. The van der Waals surface area contributed by atoms with Gasteiger partial charge in [-0.1, -0.05) is 29.8 Å². The molecule has 1 fully saturated rings. The molecule has 1 aliphatic rings. The van der Waals surface area contributed by atoms with E-state index in [4.69, 9.17) is 16.3 Å². The molecule has 0 atom stereocenters. The lowest BCUT2D eigenvalue weighted by Gasteiger charge is -2.36. The fourth-order valence-electron chi connectivity index (χ4n) is 4.34. The number of hydrogen-bond donors (Lipinski definition) is 1. The van der Waals surface area contributed by atoms with Crippen molar-refractivity contribution in [2.75, 3.05) is 43.5 Å². The molecule has 0 saturated carbocycles. The van der Waals surface area contributed by atoms with E-state index in [0.717, 1.165) is 16.6 Å². The third-order valence-corrected chi connectivity index (χ3v) is 6.50. The van der Waals surface area contributed by atoms with Gasteiger partial charge in [-0.3, -0.25) is 9.59 Å². The highest BCUT2D eigenvalue weighted by Crippen LogP contribution is 2.26. The first-order valence-corrected chi connectivity index (χ1v) is 12.0. The number of nitrogens with one attached hydrogen (secondary N) is 1. The SMILES string of the molecule is COc1cc(C(=O)N2CCN(c3ccc(NC(=O)c4cccc(Cl)c4)cc3)CC2)nc2ccccc12. The van der Waals surface area contributed by atoms with Gasteiger partial charge in [-0.05, 0) is 54.6 Å². The minimum atomic E-state index is -0.212. The topological polar surface area (TPSA) is 74.8 Å². The van der Waals surface area contributed by atoms with Crippen LogP contribution in [0.3, 0.4) is 0 Å². The van der Waals surface area contributed by atoms with E-state index in [1.807, 2.05) is 53.4 Å². The molecule has 182 valence electrons. The summed E-state index contributed by atoms with van der Waals surface area (Å²) in [5.74, 6) is 0.333. The van der Waals surface area contributed by atoms with E-state index in [-0.39, 0.29) is 11.8 Å². The van der Waals surface area contributed by atoms with Gasteiger partial charge in [-0.2, -0.15) is 0 Å². The van der Waals surface area contributed by atoms with Crippen molar-refractivity contribution in [3.63, 3.8) is 0 Å². The van der Waals surface area contributed by atoms with Crippen molar-refractivity contribution in [2.45, 2.75) is 0 Å². The highest BCUT2D eigenvalue weighted by molar-refractivity contribution is 6.31. The van der Waals surface area contributed by atoms with Crippen LogP contribution in [0.5, 0.6) is 5.75 Å². The molecule has 0 bridgehead atoms. The third kappa shape index (κ3) is 4.97. The van der Waals surface area contributed by atoms with Gasteiger partial charge in [0.1, 0.15) is 11.4 Å². The van der Waals surface area contributed by atoms with Crippen LogP contribution < -0.4 is 15.0 Å². The summed E-state index contributed by atoms with van der Waals surface area (Å²) in [6, 6.07) is 23.9. The Morgan fingerprint density at radius 1 is 0.917 bits per heavy atom. The quantitative estimate of drug-likeness (QED) is 0.412. The van der Waals surface area contributed by atoms with Crippen LogP contribution in [0, 0.1) is 0 Å². The number of carbonyl (C=O) groups excluding carboxylic acids is 2. The van der Waals surface area contributed by atoms with Crippen molar-refractivity contribution in [2.24, 2.45) is 0 Å². The van der Waals surface area contributed by atoms with Gasteiger partial charge < -0.3 is 19.9 Å². The number of anilines is 2. The Labute approximate surface area is 214 Å². The number of para-hydroxylation sites is 1. The maximum atomic E-state index is 13.2. The molecule has 0 aliphatic carbocycles. The third-order valence-electron chi connectivity index (χ3n) is 6.26. The molecule has 2 amide bonds. The summed E-state index contributed by atoms with van der Waals surface area (Å²) >= 11 is 5.98. The normalized spacial score (nSPS) is 13.5. The lowest BCUT2D eigenvalue weighted by molar-refractivity contribution is 0.0740. The van der Waals surface area contributed by atoms with Crippen molar-refractivity contribution in [3.8, 4) is 5.75 Å². The maximum Gasteiger partial charge on any atom is 0.272 e. The molecule has 8 heteroatoms. The van der Waals surface area contributed by atoms with Gasteiger partial charge in [0.15, 0.2) is 0 Å². The second kappa shape index (κ2) is 10.3. The number of piperazine rings is 1. The Balaban J connectivity index is 1.21. The van der Waals surface area contributed by atoms with Crippen LogP contribution in [0.25, 0.3) is 10.9 Å². The fraction of sp³-hybridized carbons (Fsp3) is 0.179. The molecule has 5 rings (SSSR count). The number of amides is 2. The molecule has 4 aromatic rings. The van der Waals surface area contributed by atoms with Crippen LogP contribution >= 0.6 is 11.6 Å². The van der Waals surface area contributed by atoms with Crippen molar-refractivity contribution in [1.29, 1.82) is 0 Å². The van der Waals surface area contributed by atoms with Gasteiger partial charge in [0, 0.05) is 59.6 Å².